The van der Waals surface area contributed by atoms with Gasteiger partial charge in [0.25, 0.3) is 5.91 Å². The van der Waals surface area contributed by atoms with Crippen LogP contribution in [0, 0.1) is 0 Å². The van der Waals surface area contributed by atoms with Crippen LogP contribution in [0.5, 0.6) is 11.5 Å². The van der Waals surface area contributed by atoms with Crippen molar-refractivity contribution in [2.45, 2.75) is 13.0 Å². The van der Waals surface area contributed by atoms with E-state index >= 15 is 0 Å². The van der Waals surface area contributed by atoms with Gasteiger partial charge >= 0.3 is 0 Å². The number of benzene rings is 1. The lowest BCUT2D eigenvalue weighted by Crippen LogP contribution is -2.23. The van der Waals surface area contributed by atoms with Crippen LogP contribution < -0.4 is 14.8 Å². The Hall–Kier alpha value is -2.50. The van der Waals surface area contributed by atoms with E-state index in [9.17, 15) is 4.79 Å². The van der Waals surface area contributed by atoms with Crippen LogP contribution in [0.2, 0.25) is 0 Å². The molecular weight excluding hydrogens is 258 g/mol. The molecule has 2 N–H and O–H groups in total. The van der Waals surface area contributed by atoms with Gasteiger partial charge in [0, 0.05) is 24.4 Å². The predicted octanol–water partition coefficient (Wildman–Crippen LogP) is 1.50. The maximum absolute atomic E-state index is 12.1. The van der Waals surface area contributed by atoms with E-state index in [1.807, 2.05) is 0 Å². The molecule has 1 aliphatic rings. The van der Waals surface area contributed by atoms with Gasteiger partial charge in [0.1, 0.15) is 5.82 Å². The number of fused-ring (bicyclic) bond motifs is 1. The third-order valence-electron chi connectivity index (χ3n) is 2.98. The summed E-state index contributed by atoms with van der Waals surface area (Å²) in [4.78, 5) is 19.0. The summed E-state index contributed by atoms with van der Waals surface area (Å²) in [5, 5.41) is 2.79. The van der Waals surface area contributed by atoms with E-state index in [0.29, 0.717) is 42.6 Å². The highest BCUT2D eigenvalue weighted by Gasteiger charge is 2.14. The normalized spacial score (nSPS) is 13.6. The zero-order valence-corrected chi connectivity index (χ0v) is 10.9. The van der Waals surface area contributed by atoms with E-state index in [0.717, 1.165) is 6.42 Å². The minimum absolute atomic E-state index is 0.169. The van der Waals surface area contributed by atoms with Gasteiger partial charge in [0.05, 0.1) is 19.8 Å². The molecule has 6 heteroatoms. The fourth-order valence-electron chi connectivity index (χ4n) is 1.97. The third kappa shape index (κ3) is 2.74. The standard InChI is InChI=1S/C14H15N3O3/c18-14(17-9-13-15-4-5-16-13)10-2-3-11-12(8-10)20-7-1-6-19-11/h2-5,8H,1,6-7,9H2,(H,15,16)(H,17,18). The van der Waals surface area contributed by atoms with Crippen molar-refractivity contribution in [1.82, 2.24) is 15.3 Å². The first-order chi connectivity index (χ1) is 9.83. The van der Waals surface area contributed by atoms with Gasteiger partial charge in [0.2, 0.25) is 0 Å². The number of hydrogen-bond acceptors (Lipinski definition) is 4. The Morgan fingerprint density at radius 1 is 1.30 bits per heavy atom. The van der Waals surface area contributed by atoms with Crippen molar-refractivity contribution in [3.63, 3.8) is 0 Å². The zero-order chi connectivity index (χ0) is 13.8. The number of nitrogens with zero attached hydrogens (tertiary/aromatic N) is 1. The van der Waals surface area contributed by atoms with Gasteiger partial charge in [-0.25, -0.2) is 4.98 Å². The lowest BCUT2D eigenvalue weighted by Gasteiger charge is -2.09. The van der Waals surface area contributed by atoms with Crippen molar-refractivity contribution in [1.29, 1.82) is 0 Å². The number of ether oxygens (including phenoxy) is 2. The summed E-state index contributed by atoms with van der Waals surface area (Å²) in [6.45, 7) is 1.60. The fraction of sp³-hybridized carbons (Fsp3) is 0.286. The molecule has 104 valence electrons. The van der Waals surface area contributed by atoms with Gasteiger partial charge in [-0.1, -0.05) is 0 Å². The van der Waals surface area contributed by atoms with Crippen molar-refractivity contribution in [3.05, 3.63) is 42.0 Å². The fourth-order valence-corrected chi connectivity index (χ4v) is 1.97. The summed E-state index contributed by atoms with van der Waals surface area (Å²) in [7, 11) is 0. The molecule has 3 rings (SSSR count). The van der Waals surface area contributed by atoms with Crippen molar-refractivity contribution >= 4 is 5.91 Å². The molecule has 0 spiro atoms. The summed E-state index contributed by atoms with van der Waals surface area (Å²) < 4.78 is 11.1. The third-order valence-corrected chi connectivity index (χ3v) is 2.98. The number of H-pyrrole nitrogens is 1. The summed E-state index contributed by atoms with van der Waals surface area (Å²) in [5.41, 5.74) is 0.542. The molecule has 0 radical (unpaired) electrons. The van der Waals surface area contributed by atoms with E-state index in [2.05, 4.69) is 15.3 Å². The van der Waals surface area contributed by atoms with Crippen LogP contribution in [0.3, 0.4) is 0 Å². The van der Waals surface area contributed by atoms with Crippen molar-refractivity contribution in [2.24, 2.45) is 0 Å². The number of aromatic nitrogens is 2. The molecule has 0 unspecified atom stereocenters. The molecule has 1 amide bonds. The average Bonchev–Trinajstić information content (AvgIpc) is 2.88. The monoisotopic (exact) mass is 273 g/mol. The van der Waals surface area contributed by atoms with Crippen molar-refractivity contribution in [3.8, 4) is 11.5 Å². The molecule has 1 aromatic heterocycles. The summed E-state index contributed by atoms with van der Waals surface area (Å²) in [5.74, 6) is 1.85. The number of aromatic amines is 1. The Morgan fingerprint density at radius 2 is 2.15 bits per heavy atom. The van der Waals surface area contributed by atoms with E-state index in [4.69, 9.17) is 9.47 Å². The lowest BCUT2D eigenvalue weighted by atomic mass is 10.2. The molecule has 0 saturated carbocycles. The van der Waals surface area contributed by atoms with Gasteiger partial charge in [-0.3, -0.25) is 4.79 Å². The zero-order valence-electron chi connectivity index (χ0n) is 10.9. The number of hydrogen-bond donors (Lipinski definition) is 2. The van der Waals surface area contributed by atoms with Gasteiger partial charge in [-0.05, 0) is 18.2 Å². The maximum Gasteiger partial charge on any atom is 0.251 e. The Labute approximate surface area is 116 Å². The minimum Gasteiger partial charge on any atom is -0.490 e. The molecule has 2 heterocycles. The largest absolute Gasteiger partial charge is 0.490 e. The molecule has 20 heavy (non-hydrogen) atoms. The highest BCUT2D eigenvalue weighted by atomic mass is 16.5. The summed E-state index contributed by atoms with van der Waals surface area (Å²) in [6, 6.07) is 5.20. The molecule has 6 nitrogen and oxygen atoms in total. The molecule has 2 aromatic rings. The second kappa shape index (κ2) is 5.64. The van der Waals surface area contributed by atoms with Gasteiger partial charge in [-0.2, -0.15) is 0 Å². The SMILES string of the molecule is O=C(NCc1ncc[nH]1)c1ccc2c(c1)OCCCO2. The molecule has 0 aliphatic carbocycles. The minimum atomic E-state index is -0.169. The number of amides is 1. The van der Waals surface area contributed by atoms with Crippen LogP contribution in [0.15, 0.2) is 30.6 Å². The molecule has 1 aromatic carbocycles. The molecule has 1 aliphatic heterocycles. The highest BCUT2D eigenvalue weighted by molar-refractivity contribution is 5.94. The second-order valence-corrected chi connectivity index (χ2v) is 4.43. The van der Waals surface area contributed by atoms with E-state index in [1.54, 1.807) is 30.6 Å². The maximum atomic E-state index is 12.1. The Morgan fingerprint density at radius 3 is 2.95 bits per heavy atom. The van der Waals surface area contributed by atoms with Crippen LogP contribution in [-0.4, -0.2) is 29.1 Å². The Balaban J connectivity index is 1.70. The van der Waals surface area contributed by atoms with Crippen molar-refractivity contribution < 1.29 is 14.3 Å². The first-order valence-corrected chi connectivity index (χ1v) is 6.49. The Kier molecular flexibility index (Phi) is 3.54. The topological polar surface area (TPSA) is 76.2 Å². The molecule has 0 bridgehead atoms. The number of carbonyl (C=O) groups excluding carboxylic acids is 1. The number of nitrogens with one attached hydrogen (secondary N) is 2. The van der Waals surface area contributed by atoms with Crippen molar-refractivity contribution in [2.75, 3.05) is 13.2 Å². The average molecular weight is 273 g/mol. The molecule has 0 fully saturated rings. The van der Waals surface area contributed by atoms with Crippen LogP contribution in [-0.2, 0) is 6.54 Å². The summed E-state index contributed by atoms with van der Waals surface area (Å²) in [6.07, 6.45) is 4.21. The number of rotatable bonds is 3. The Bertz CT molecular complexity index is 596. The first kappa shape index (κ1) is 12.5. The van der Waals surface area contributed by atoms with Crippen LogP contribution in [0.25, 0.3) is 0 Å². The van der Waals surface area contributed by atoms with E-state index < -0.39 is 0 Å². The molecule has 0 atom stereocenters. The van der Waals surface area contributed by atoms with E-state index in [-0.39, 0.29) is 5.91 Å². The van der Waals surface area contributed by atoms with Crippen LogP contribution >= 0.6 is 0 Å². The highest BCUT2D eigenvalue weighted by Crippen LogP contribution is 2.30. The van der Waals surface area contributed by atoms with Gasteiger partial charge < -0.3 is 19.8 Å². The predicted molar refractivity (Wildman–Crippen MR) is 71.8 cm³/mol. The second-order valence-electron chi connectivity index (χ2n) is 4.43. The molecular formula is C14H15N3O3. The lowest BCUT2D eigenvalue weighted by molar-refractivity contribution is 0.0949. The smallest absolute Gasteiger partial charge is 0.251 e. The number of carbonyl (C=O) groups is 1. The van der Waals surface area contributed by atoms with Crippen LogP contribution in [0.4, 0.5) is 0 Å². The van der Waals surface area contributed by atoms with E-state index in [1.165, 1.54) is 0 Å². The number of imidazole rings is 1. The summed E-state index contributed by atoms with van der Waals surface area (Å²) >= 11 is 0. The quantitative estimate of drug-likeness (QED) is 0.888. The van der Waals surface area contributed by atoms with Gasteiger partial charge in [-0.15, -0.1) is 0 Å². The first-order valence-electron chi connectivity index (χ1n) is 6.49. The van der Waals surface area contributed by atoms with Gasteiger partial charge in [0.15, 0.2) is 11.5 Å². The molecule has 0 saturated heterocycles. The van der Waals surface area contributed by atoms with Crippen LogP contribution in [0.1, 0.15) is 22.6 Å².